The Labute approximate surface area is 201 Å². The van der Waals surface area contributed by atoms with E-state index >= 15 is 0 Å². The molecule has 3 aromatic rings. The number of anilines is 2. The van der Waals surface area contributed by atoms with Crippen molar-refractivity contribution in [3.63, 3.8) is 0 Å². The van der Waals surface area contributed by atoms with Crippen LogP contribution >= 0.6 is 0 Å². The molecule has 1 aliphatic heterocycles. The largest absolute Gasteiger partial charge is 0.371 e. The van der Waals surface area contributed by atoms with Crippen LogP contribution in [0.3, 0.4) is 0 Å². The molecule has 2 N–H and O–H groups in total. The van der Waals surface area contributed by atoms with E-state index in [0.717, 1.165) is 42.7 Å². The molecule has 6 nitrogen and oxygen atoms in total. The molecule has 0 radical (unpaired) electrons. The van der Waals surface area contributed by atoms with Crippen LogP contribution in [0, 0.1) is 5.92 Å². The van der Waals surface area contributed by atoms with Crippen molar-refractivity contribution in [3.8, 4) is 0 Å². The highest BCUT2D eigenvalue weighted by atomic mass is 16.2. The average molecular weight is 457 g/mol. The summed E-state index contributed by atoms with van der Waals surface area (Å²) in [6, 6.07) is 19.4. The SMILES string of the molecule is CC1CCN(c2ccc(NC(=O)CCc3ccccc3)cc2C(=O)NCc2cccnc2)CC1. The fourth-order valence-corrected chi connectivity index (χ4v) is 4.23. The monoisotopic (exact) mass is 456 g/mol. The molecule has 0 spiro atoms. The lowest BCUT2D eigenvalue weighted by atomic mass is 9.97. The second kappa shape index (κ2) is 11.5. The lowest BCUT2D eigenvalue weighted by molar-refractivity contribution is -0.116. The normalized spacial score (nSPS) is 14.0. The predicted molar refractivity (Wildman–Crippen MR) is 136 cm³/mol. The van der Waals surface area contributed by atoms with Gasteiger partial charge in [0.05, 0.1) is 5.56 Å². The standard InChI is InChI=1S/C28H32N4O2/c1-21-13-16-32(17-14-21)26-11-10-24(31-27(33)12-9-22-6-3-2-4-7-22)18-25(26)28(34)30-20-23-8-5-15-29-19-23/h2-8,10-11,15,18-19,21H,9,12-14,16-17,20H2,1H3,(H,30,34)(H,31,33). The number of hydrogen-bond acceptors (Lipinski definition) is 4. The number of aryl methyl sites for hydroxylation is 1. The van der Waals surface area contributed by atoms with Crippen molar-refractivity contribution in [2.24, 2.45) is 5.92 Å². The van der Waals surface area contributed by atoms with E-state index in [1.165, 1.54) is 0 Å². The average Bonchev–Trinajstić information content (AvgIpc) is 2.88. The van der Waals surface area contributed by atoms with Crippen LogP contribution in [-0.4, -0.2) is 29.9 Å². The summed E-state index contributed by atoms with van der Waals surface area (Å²) in [4.78, 5) is 32.2. The summed E-state index contributed by atoms with van der Waals surface area (Å²) in [5, 5.41) is 5.98. The number of amides is 2. The first kappa shape index (κ1) is 23.5. The van der Waals surface area contributed by atoms with Gasteiger partial charge in [0.25, 0.3) is 5.91 Å². The number of aromatic nitrogens is 1. The first-order chi connectivity index (χ1) is 16.6. The number of piperidine rings is 1. The van der Waals surface area contributed by atoms with Crippen LogP contribution < -0.4 is 15.5 Å². The first-order valence-corrected chi connectivity index (χ1v) is 12.0. The lowest BCUT2D eigenvalue weighted by Crippen LogP contribution is -2.35. The number of hydrogen-bond donors (Lipinski definition) is 2. The van der Waals surface area contributed by atoms with Crippen molar-refractivity contribution in [2.45, 2.75) is 39.2 Å². The molecule has 0 saturated carbocycles. The molecule has 176 valence electrons. The third kappa shape index (κ3) is 6.44. The van der Waals surface area contributed by atoms with Crippen LogP contribution in [0.4, 0.5) is 11.4 Å². The Morgan fingerprint density at radius 2 is 1.76 bits per heavy atom. The summed E-state index contributed by atoms with van der Waals surface area (Å²) >= 11 is 0. The summed E-state index contributed by atoms with van der Waals surface area (Å²) in [6.45, 7) is 4.52. The lowest BCUT2D eigenvalue weighted by Gasteiger charge is -2.33. The van der Waals surface area contributed by atoms with Gasteiger partial charge in [-0.1, -0.05) is 43.3 Å². The Kier molecular flexibility index (Phi) is 7.91. The molecule has 2 heterocycles. The van der Waals surface area contributed by atoms with E-state index in [4.69, 9.17) is 0 Å². The Balaban J connectivity index is 1.48. The van der Waals surface area contributed by atoms with E-state index < -0.39 is 0 Å². The number of benzene rings is 2. The highest BCUT2D eigenvalue weighted by Crippen LogP contribution is 2.29. The number of nitrogens with one attached hydrogen (secondary N) is 2. The third-order valence-electron chi connectivity index (χ3n) is 6.31. The van der Waals surface area contributed by atoms with Gasteiger partial charge in [-0.15, -0.1) is 0 Å². The Morgan fingerprint density at radius 1 is 1.00 bits per heavy atom. The van der Waals surface area contributed by atoms with Gasteiger partial charge in [-0.25, -0.2) is 0 Å². The quantitative estimate of drug-likeness (QED) is 0.510. The van der Waals surface area contributed by atoms with Crippen LogP contribution in [0.25, 0.3) is 0 Å². The van der Waals surface area contributed by atoms with Crippen LogP contribution in [0.2, 0.25) is 0 Å². The van der Waals surface area contributed by atoms with Gasteiger partial charge in [-0.2, -0.15) is 0 Å². The van der Waals surface area contributed by atoms with Crippen molar-refractivity contribution in [2.75, 3.05) is 23.3 Å². The molecule has 0 bridgehead atoms. The molecule has 1 fully saturated rings. The van der Waals surface area contributed by atoms with Gasteiger partial charge < -0.3 is 15.5 Å². The maximum Gasteiger partial charge on any atom is 0.253 e. The molecule has 6 heteroatoms. The molecule has 0 aliphatic carbocycles. The van der Waals surface area contributed by atoms with E-state index in [-0.39, 0.29) is 11.8 Å². The maximum atomic E-state index is 13.2. The Morgan fingerprint density at radius 3 is 2.50 bits per heavy atom. The third-order valence-corrected chi connectivity index (χ3v) is 6.31. The van der Waals surface area contributed by atoms with Crippen LogP contribution in [-0.2, 0) is 17.8 Å². The molecular formula is C28H32N4O2. The smallest absolute Gasteiger partial charge is 0.253 e. The second-order valence-electron chi connectivity index (χ2n) is 8.98. The van der Waals surface area contributed by atoms with Gasteiger partial charge in [0.2, 0.25) is 5.91 Å². The van der Waals surface area contributed by atoms with E-state index in [2.05, 4.69) is 27.4 Å². The molecule has 0 atom stereocenters. The highest BCUT2D eigenvalue weighted by Gasteiger charge is 2.22. The molecule has 34 heavy (non-hydrogen) atoms. The topological polar surface area (TPSA) is 74.3 Å². The second-order valence-corrected chi connectivity index (χ2v) is 8.98. The van der Waals surface area contributed by atoms with Crippen LogP contribution in [0.15, 0.2) is 73.1 Å². The molecular weight excluding hydrogens is 424 g/mol. The van der Waals surface area contributed by atoms with Crippen molar-refractivity contribution >= 4 is 23.2 Å². The molecule has 0 unspecified atom stereocenters. The zero-order chi connectivity index (χ0) is 23.8. The van der Waals surface area contributed by atoms with E-state index in [1.54, 1.807) is 18.5 Å². The summed E-state index contributed by atoms with van der Waals surface area (Å²) < 4.78 is 0. The van der Waals surface area contributed by atoms with Gasteiger partial charge in [-0.3, -0.25) is 14.6 Å². The molecule has 1 aliphatic rings. The molecule has 1 saturated heterocycles. The fraction of sp³-hybridized carbons (Fsp3) is 0.321. The number of rotatable bonds is 8. The van der Waals surface area contributed by atoms with Crippen molar-refractivity contribution in [1.29, 1.82) is 0 Å². The number of nitrogens with zero attached hydrogens (tertiary/aromatic N) is 2. The zero-order valence-electron chi connectivity index (χ0n) is 19.7. The zero-order valence-corrected chi connectivity index (χ0v) is 19.7. The minimum absolute atomic E-state index is 0.0647. The van der Waals surface area contributed by atoms with E-state index in [9.17, 15) is 9.59 Å². The van der Waals surface area contributed by atoms with E-state index in [0.29, 0.717) is 36.6 Å². The molecule has 2 amide bonds. The molecule has 2 aromatic carbocycles. The summed E-state index contributed by atoms with van der Waals surface area (Å²) in [6.07, 6.45) is 6.73. The van der Waals surface area contributed by atoms with E-state index in [1.807, 2.05) is 54.6 Å². The van der Waals surface area contributed by atoms with Crippen molar-refractivity contribution in [3.05, 3.63) is 89.7 Å². The number of carbonyl (C=O) groups excluding carboxylic acids is 2. The van der Waals surface area contributed by atoms with Crippen LogP contribution in [0.1, 0.15) is 47.7 Å². The number of carbonyl (C=O) groups is 2. The van der Waals surface area contributed by atoms with Gasteiger partial charge in [0.1, 0.15) is 0 Å². The highest BCUT2D eigenvalue weighted by molar-refractivity contribution is 6.02. The van der Waals surface area contributed by atoms with Gasteiger partial charge in [0.15, 0.2) is 0 Å². The number of pyridine rings is 1. The summed E-state index contributed by atoms with van der Waals surface area (Å²) in [5.74, 6) is 0.477. The summed E-state index contributed by atoms with van der Waals surface area (Å²) in [5.41, 5.74) is 4.20. The first-order valence-electron chi connectivity index (χ1n) is 12.0. The van der Waals surface area contributed by atoms with Crippen molar-refractivity contribution in [1.82, 2.24) is 10.3 Å². The van der Waals surface area contributed by atoms with Crippen LogP contribution in [0.5, 0.6) is 0 Å². The predicted octanol–water partition coefficient (Wildman–Crippen LogP) is 4.82. The van der Waals surface area contributed by atoms with Gasteiger partial charge in [0, 0.05) is 49.8 Å². The minimum atomic E-state index is -0.155. The minimum Gasteiger partial charge on any atom is -0.371 e. The Bertz CT molecular complexity index is 1090. The van der Waals surface area contributed by atoms with Crippen molar-refractivity contribution < 1.29 is 9.59 Å². The molecule has 4 rings (SSSR count). The fourth-order valence-electron chi connectivity index (χ4n) is 4.23. The Hall–Kier alpha value is -3.67. The molecule has 1 aromatic heterocycles. The van der Waals surface area contributed by atoms with Gasteiger partial charge >= 0.3 is 0 Å². The van der Waals surface area contributed by atoms with Gasteiger partial charge in [-0.05, 0) is 60.6 Å². The summed E-state index contributed by atoms with van der Waals surface area (Å²) in [7, 11) is 0. The maximum absolute atomic E-state index is 13.2.